The van der Waals surface area contributed by atoms with Gasteiger partial charge in [-0.15, -0.1) is 0 Å². The molecule has 1 amide bonds. The van der Waals surface area contributed by atoms with Crippen LogP contribution in [0.1, 0.15) is 58.6 Å². The number of ether oxygens (including phenoxy) is 2. The van der Waals surface area contributed by atoms with Crippen molar-refractivity contribution in [3.05, 3.63) is 98.9 Å². The number of hydrogen-bond acceptors (Lipinski definition) is 5. The minimum atomic E-state index is -0.632. The Morgan fingerprint density at radius 1 is 0.917 bits per heavy atom. The zero-order valence-corrected chi connectivity index (χ0v) is 21.0. The number of hydrogen-bond donors (Lipinski definition) is 0. The maximum Gasteiger partial charge on any atom is 0.295 e. The van der Waals surface area contributed by atoms with Crippen molar-refractivity contribution in [3.63, 3.8) is 0 Å². The first-order chi connectivity index (χ1) is 17.4. The third-order valence-electron chi connectivity index (χ3n) is 6.80. The molecule has 184 valence electrons. The SMILES string of the molecule is CCCCOc1ccc(C2c3c(oc4cc(C)c(C)cc4c3=O)C(=O)N2c2ccc(OC)cc2)cc1. The normalized spacial score (nSPS) is 14.8. The van der Waals surface area contributed by atoms with Crippen LogP contribution in [0.2, 0.25) is 0 Å². The van der Waals surface area contributed by atoms with Crippen molar-refractivity contribution in [2.75, 3.05) is 18.6 Å². The molecule has 0 fully saturated rings. The lowest BCUT2D eigenvalue weighted by Gasteiger charge is -2.25. The van der Waals surface area contributed by atoms with Gasteiger partial charge in [-0.3, -0.25) is 14.5 Å². The Morgan fingerprint density at radius 2 is 1.58 bits per heavy atom. The number of nitrogens with zero attached hydrogens (tertiary/aromatic N) is 1. The van der Waals surface area contributed by atoms with Gasteiger partial charge in [0.15, 0.2) is 5.43 Å². The van der Waals surface area contributed by atoms with Crippen LogP contribution in [-0.2, 0) is 0 Å². The fraction of sp³-hybridized carbons (Fsp3) is 0.267. The summed E-state index contributed by atoms with van der Waals surface area (Å²) >= 11 is 0. The first-order valence-electron chi connectivity index (χ1n) is 12.2. The van der Waals surface area contributed by atoms with Gasteiger partial charge in [0.25, 0.3) is 5.91 Å². The largest absolute Gasteiger partial charge is 0.497 e. The molecule has 4 aromatic rings. The molecular formula is C30H29NO5. The van der Waals surface area contributed by atoms with Crippen molar-refractivity contribution in [3.8, 4) is 11.5 Å². The van der Waals surface area contributed by atoms with Gasteiger partial charge in [0.2, 0.25) is 5.76 Å². The van der Waals surface area contributed by atoms with E-state index in [9.17, 15) is 9.59 Å². The standard InChI is InChI=1S/C30H29NO5/c1-5-6-15-35-23-11-7-20(8-12-23)27-26-28(32)24-16-18(2)19(3)17-25(24)36-29(26)30(33)31(27)21-9-13-22(34-4)14-10-21/h7-14,16-17,27H,5-6,15H2,1-4H3. The second-order valence-electron chi connectivity index (χ2n) is 9.15. The number of rotatable bonds is 7. The summed E-state index contributed by atoms with van der Waals surface area (Å²) in [6.07, 6.45) is 2.03. The predicted molar refractivity (Wildman–Crippen MR) is 140 cm³/mol. The van der Waals surface area contributed by atoms with E-state index < -0.39 is 6.04 Å². The molecule has 1 aliphatic heterocycles. The van der Waals surface area contributed by atoms with Gasteiger partial charge in [0.05, 0.1) is 30.7 Å². The third-order valence-corrected chi connectivity index (χ3v) is 6.80. The van der Waals surface area contributed by atoms with Crippen LogP contribution in [0.3, 0.4) is 0 Å². The molecule has 6 nitrogen and oxygen atoms in total. The maximum atomic E-state index is 13.8. The number of benzene rings is 3. The highest BCUT2D eigenvalue weighted by Crippen LogP contribution is 2.42. The van der Waals surface area contributed by atoms with Crippen LogP contribution < -0.4 is 19.8 Å². The number of aryl methyl sites for hydroxylation is 2. The van der Waals surface area contributed by atoms with Gasteiger partial charge in [-0.2, -0.15) is 0 Å². The van der Waals surface area contributed by atoms with Crippen molar-refractivity contribution in [1.29, 1.82) is 0 Å². The summed E-state index contributed by atoms with van der Waals surface area (Å²) in [5.41, 5.74) is 4.03. The molecule has 1 aliphatic rings. The van der Waals surface area contributed by atoms with E-state index in [4.69, 9.17) is 13.9 Å². The van der Waals surface area contributed by atoms with Crippen LogP contribution in [0.25, 0.3) is 11.0 Å². The van der Waals surface area contributed by atoms with E-state index in [0.29, 0.717) is 34.6 Å². The summed E-state index contributed by atoms with van der Waals surface area (Å²) < 4.78 is 17.2. The molecule has 6 heteroatoms. The summed E-state index contributed by atoms with van der Waals surface area (Å²) in [4.78, 5) is 29.2. The van der Waals surface area contributed by atoms with Gasteiger partial charge < -0.3 is 13.9 Å². The predicted octanol–water partition coefficient (Wildman–Crippen LogP) is 6.35. The third kappa shape index (κ3) is 4.02. The number of anilines is 1. The van der Waals surface area contributed by atoms with Gasteiger partial charge >= 0.3 is 0 Å². The lowest BCUT2D eigenvalue weighted by Crippen LogP contribution is -2.29. The Morgan fingerprint density at radius 3 is 2.25 bits per heavy atom. The van der Waals surface area contributed by atoms with E-state index in [1.807, 2.05) is 62.4 Å². The first-order valence-corrected chi connectivity index (χ1v) is 12.2. The summed E-state index contributed by atoms with van der Waals surface area (Å²) in [7, 11) is 1.59. The van der Waals surface area contributed by atoms with E-state index >= 15 is 0 Å². The molecule has 5 rings (SSSR count). The van der Waals surface area contributed by atoms with E-state index in [1.54, 1.807) is 24.1 Å². The number of carbonyl (C=O) groups excluding carboxylic acids is 1. The van der Waals surface area contributed by atoms with E-state index in [1.165, 1.54) is 0 Å². The molecule has 2 heterocycles. The van der Waals surface area contributed by atoms with Crippen LogP contribution in [-0.4, -0.2) is 19.6 Å². The lowest BCUT2D eigenvalue weighted by molar-refractivity contribution is 0.0971. The molecule has 0 radical (unpaired) electrons. The van der Waals surface area contributed by atoms with Crippen molar-refractivity contribution in [2.45, 2.75) is 39.7 Å². The van der Waals surface area contributed by atoms with Crippen LogP contribution in [0.5, 0.6) is 11.5 Å². The van der Waals surface area contributed by atoms with Crippen molar-refractivity contribution in [1.82, 2.24) is 0 Å². The van der Waals surface area contributed by atoms with Crippen LogP contribution in [0, 0.1) is 13.8 Å². The van der Waals surface area contributed by atoms with Gasteiger partial charge in [0, 0.05) is 5.69 Å². The van der Waals surface area contributed by atoms with E-state index in [-0.39, 0.29) is 17.1 Å². The molecule has 1 aromatic heterocycles. The van der Waals surface area contributed by atoms with Crippen molar-refractivity contribution < 1.29 is 18.7 Å². The van der Waals surface area contributed by atoms with Crippen LogP contribution >= 0.6 is 0 Å². The zero-order valence-electron chi connectivity index (χ0n) is 21.0. The van der Waals surface area contributed by atoms with E-state index in [0.717, 1.165) is 35.3 Å². The molecule has 0 aliphatic carbocycles. The lowest BCUT2D eigenvalue weighted by atomic mass is 9.97. The Balaban J connectivity index is 1.67. The second-order valence-corrected chi connectivity index (χ2v) is 9.15. The van der Waals surface area contributed by atoms with Crippen molar-refractivity contribution >= 4 is 22.6 Å². The Kier molecular flexibility index (Phi) is 6.27. The monoisotopic (exact) mass is 483 g/mol. The Hall–Kier alpha value is -4.06. The summed E-state index contributed by atoms with van der Waals surface area (Å²) in [6, 6.07) is 17.9. The molecule has 36 heavy (non-hydrogen) atoms. The quantitative estimate of drug-likeness (QED) is 0.287. The van der Waals surface area contributed by atoms with Gasteiger partial charge in [-0.1, -0.05) is 25.5 Å². The summed E-state index contributed by atoms with van der Waals surface area (Å²) in [6.45, 7) is 6.69. The minimum Gasteiger partial charge on any atom is -0.497 e. The highest BCUT2D eigenvalue weighted by molar-refractivity contribution is 6.10. The molecule has 0 N–H and O–H groups in total. The molecule has 3 aromatic carbocycles. The average molecular weight is 484 g/mol. The first kappa shape index (κ1) is 23.7. The average Bonchev–Trinajstić information content (AvgIpc) is 3.18. The smallest absolute Gasteiger partial charge is 0.295 e. The second kappa shape index (κ2) is 9.53. The fourth-order valence-corrected chi connectivity index (χ4v) is 4.63. The van der Waals surface area contributed by atoms with Gasteiger partial charge in [-0.05, 0) is 85.5 Å². The highest BCUT2D eigenvalue weighted by atomic mass is 16.5. The van der Waals surface area contributed by atoms with Gasteiger partial charge in [-0.25, -0.2) is 0 Å². The number of fused-ring (bicyclic) bond motifs is 2. The Bertz CT molecular complexity index is 1490. The molecular weight excluding hydrogens is 454 g/mol. The number of carbonyl (C=O) groups is 1. The van der Waals surface area contributed by atoms with Crippen LogP contribution in [0.4, 0.5) is 5.69 Å². The molecule has 0 spiro atoms. The number of unbranched alkanes of at least 4 members (excludes halogenated alkanes) is 1. The zero-order chi connectivity index (χ0) is 25.4. The number of amides is 1. The number of methoxy groups -OCH3 is 1. The molecule has 0 bridgehead atoms. The Labute approximate surface area is 210 Å². The van der Waals surface area contributed by atoms with E-state index in [2.05, 4.69) is 6.92 Å². The fourth-order valence-electron chi connectivity index (χ4n) is 4.63. The van der Waals surface area contributed by atoms with Crippen LogP contribution in [0.15, 0.2) is 69.9 Å². The van der Waals surface area contributed by atoms with Gasteiger partial charge in [0.1, 0.15) is 17.1 Å². The molecule has 0 saturated heterocycles. The minimum absolute atomic E-state index is 0.0832. The highest BCUT2D eigenvalue weighted by Gasteiger charge is 2.43. The molecule has 1 unspecified atom stereocenters. The topological polar surface area (TPSA) is 69.0 Å². The summed E-state index contributed by atoms with van der Waals surface area (Å²) in [5.74, 6) is 1.17. The molecule has 1 atom stereocenters. The summed E-state index contributed by atoms with van der Waals surface area (Å²) in [5, 5.41) is 0.478. The van der Waals surface area contributed by atoms with Crippen molar-refractivity contribution in [2.24, 2.45) is 0 Å². The molecule has 0 saturated carbocycles. The maximum absolute atomic E-state index is 13.8.